The molecule has 0 aliphatic heterocycles. The van der Waals surface area contributed by atoms with E-state index < -0.39 is 41.6 Å². The summed E-state index contributed by atoms with van der Waals surface area (Å²) >= 11 is 15.8. The molecule has 1 aromatic rings. The van der Waals surface area contributed by atoms with Gasteiger partial charge in [-0.25, -0.2) is 0 Å². The highest BCUT2D eigenvalue weighted by molar-refractivity contribution is 7.86. The van der Waals surface area contributed by atoms with Gasteiger partial charge in [-0.3, -0.25) is 14.1 Å². The van der Waals surface area contributed by atoms with Crippen LogP contribution in [-0.4, -0.2) is 23.5 Å². The van der Waals surface area contributed by atoms with Crippen molar-refractivity contribution in [1.29, 1.82) is 0 Å². The second kappa shape index (κ2) is 4.91. The molecule has 0 saturated heterocycles. The molecule has 9 heteroatoms. The molecule has 92 valence electrons. The second-order valence-electron chi connectivity index (χ2n) is 2.82. The molecule has 0 spiro atoms. The first-order chi connectivity index (χ1) is 7.66. The van der Waals surface area contributed by atoms with Crippen molar-refractivity contribution in [2.75, 3.05) is 0 Å². The van der Waals surface area contributed by atoms with Gasteiger partial charge in [-0.05, 0) is 35.3 Å². The Morgan fingerprint density at radius 3 is 2.00 bits per heavy atom. The first kappa shape index (κ1) is 14.4. The minimum atomic E-state index is -4.81. The first-order valence-corrected chi connectivity index (χ1v) is 6.43. The van der Waals surface area contributed by atoms with Crippen molar-refractivity contribution in [3.05, 3.63) is 28.3 Å². The van der Waals surface area contributed by atoms with E-state index in [1.54, 1.807) is 0 Å². The molecule has 0 atom stereocenters. The molecule has 1 aromatic carbocycles. The van der Waals surface area contributed by atoms with Crippen molar-refractivity contribution in [2.24, 2.45) is 0 Å². The van der Waals surface area contributed by atoms with E-state index in [0.29, 0.717) is 0 Å². The minimum Gasteiger partial charge on any atom is -0.282 e. The molecule has 0 aliphatic rings. The first-order valence-electron chi connectivity index (χ1n) is 3.86. The minimum absolute atomic E-state index is 0.446. The highest BCUT2D eigenvalue weighted by Gasteiger charge is 2.28. The molecule has 0 aromatic heterocycles. The molecule has 5 nitrogen and oxygen atoms in total. The van der Waals surface area contributed by atoms with Gasteiger partial charge in [0.2, 0.25) is 0 Å². The molecule has 0 radical (unpaired) electrons. The maximum absolute atomic E-state index is 11.1. The Labute approximate surface area is 111 Å². The average Bonchev–Trinajstić information content (AvgIpc) is 2.14. The normalized spacial score (nSPS) is 11.3. The van der Waals surface area contributed by atoms with Crippen molar-refractivity contribution in [1.82, 2.24) is 0 Å². The van der Waals surface area contributed by atoms with Crippen molar-refractivity contribution < 1.29 is 22.6 Å². The lowest BCUT2D eigenvalue weighted by molar-refractivity contribution is 0.104. The zero-order chi connectivity index (χ0) is 13.4. The van der Waals surface area contributed by atoms with E-state index in [-0.39, 0.29) is 0 Å². The van der Waals surface area contributed by atoms with Crippen LogP contribution in [0.5, 0.6) is 0 Å². The van der Waals surface area contributed by atoms with Gasteiger partial charge in [-0.15, -0.1) is 0 Å². The standard InChI is InChI=1S/C8H3Cl3O5S/c9-4-2-1-3(7(10)12)5(8(11)13)6(4)17(14,15)16/h1-2H,(H,14,15,16). The average molecular weight is 318 g/mol. The van der Waals surface area contributed by atoms with E-state index >= 15 is 0 Å². The number of halogens is 3. The van der Waals surface area contributed by atoms with E-state index in [1.807, 2.05) is 0 Å². The zero-order valence-corrected chi connectivity index (χ0v) is 10.9. The zero-order valence-electron chi connectivity index (χ0n) is 7.78. The van der Waals surface area contributed by atoms with E-state index in [9.17, 15) is 18.0 Å². The molecule has 1 N–H and O–H groups in total. The predicted molar refractivity (Wildman–Crippen MR) is 61.6 cm³/mol. The summed E-state index contributed by atoms with van der Waals surface area (Å²) in [7, 11) is -4.81. The quantitative estimate of drug-likeness (QED) is 0.683. The Hall–Kier alpha value is -0.660. The van der Waals surface area contributed by atoms with Crippen LogP contribution in [0.15, 0.2) is 17.0 Å². The Kier molecular flexibility index (Phi) is 4.16. The van der Waals surface area contributed by atoms with Gasteiger partial charge in [-0.2, -0.15) is 8.42 Å². The number of carbonyl (C=O) groups is 2. The van der Waals surface area contributed by atoms with Gasteiger partial charge in [0.05, 0.1) is 10.6 Å². The summed E-state index contributed by atoms with van der Waals surface area (Å²) in [6.07, 6.45) is 0. The monoisotopic (exact) mass is 316 g/mol. The van der Waals surface area contributed by atoms with Crippen molar-refractivity contribution in [3.8, 4) is 0 Å². The smallest absolute Gasteiger partial charge is 0.282 e. The fourth-order valence-corrected chi connectivity index (χ4v) is 2.80. The van der Waals surface area contributed by atoms with Gasteiger partial charge in [0.25, 0.3) is 20.6 Å². The van der Waals surface area contributed by atoms with Crippen molar-refractivity contribution in [3.63, 3.8) is 0 Å². The topological polar surface area (TPSA) is 88.5 Å². The molecule has 0 heterocycles. The summed E-state index contributed by atoms with van der Waals surface area (Å²) in [6, 6.07) is 2.03. The van der Waals surface area contributed by atoms with Crippen LogP contribution in [0.4, 0.5) is 0 Å². The lowest BCUT2D eigenvalue weighted by atomic mass is 10.1. The third-order valence-electron chi connectivity index (χ3n) is 1.78. The van der Waals surface area contributed by atoms with Gasteiger partial charge in [0, 0.05) is 5.56 Å². The van der Waals surface area contributed by atoms with Crippen LogP contribution in [0, 0.1) is 0 Å². The summed E-state index contributed by atoms with van der Waals surface area (Å²) in [4.78, 5) is 21.2. The molecular weight excluding hydrogens is 315 g/mol. The Balaban J connectivity index is 3.86. The molecule has 0 bridgehead atoms. The van der Waals surface area contributed by atoms with Gasteiger partial charge >= 0.3 is 0 Å². The Morgan fingerprint density at radius 2 is 1.65 bits per heavy atom. The Bertz CT molecular complexity index is 608. The summed E-state index contributed by atoms with van der Waals surface area (Å²) in [5.41, 5.74) is -1.20. The van der Waals surface area contributed by atoms with Gasteiger partial charge in [0.15, 0.2) is 0 Å². The van der Waals surface area contributed by atoms with Crippen LogP contribution < -0.4 is 0 Å². The lowest BCUT2D eigenvalue weighted by Crippen LogP contribution is -2.11. The van der Waals surface area contributed by atoms with E-state index in [2.05, 4.69) is 0 Å². The fourth-order valence-electron chi connectivity index (χ4n) is 1.17. The van der Waals surface area contributed by atoms with Crippen LogP contribution in [-0.2, 0) is 10.1 Å². The van der Waals surface area contributed by atoms with Crippen LogP contribution in [0.2, 0.25) is 5.02 Å². The molecule has 17 heavy (non-hydrogen) atoms. The fraction of sp³-hybridized carbons (Fsp3) is 0. The molecule has 1 rings (SSSR count). The van der Waals surface area contributed by atoms with E-state index in [0.717, 1.165) is 12.1 Å². The highest BCUT2D eigenvalue weighted by atomic mass is 35.5. The number of hydrogen-bond acceptors (Lipinski definition) is 4. The number of carbonyl (C=O) groups excluding carboxylic acids is 2. The van der Waals surface area contributed by atoms with Crippen LogP contribution in [0.25, 0.3) is 0 Å². The van der Waals surface area contributed by atoms with Crippen LogP contribution in [0.1, 0.15) is 20.7 Å². The molecule has 0 amide bonds. The largest absolute Gasteiger partial charge is 0.296 e. The molecule has 0 unspecified atom stereocenters. The summed E-state index contributed by atoms with van der Waals surface area (Å²) in [5, 5.41) is -2.82. The maximum atomic E-state index is 11.1. The molecule has 0 aliphatic carbocycles. The SMILES string of the molecule is O=C(Cl)c1ccc(Cl)c(S(=O)(=O)O)c1C(=O)Cl. The van der Waals surface area contributed by atoms with Gasteiger partial charge in [-0.1, -0.05) is 11.6 Å². The molecular formula is C8H3Cl3O5S. The second-order valence-corrected chi connectivity index (χ2v) is 5.27. The van der Waals surface area contributed by atoms with E-state index in [1.165, 1.54) is 0 Å². The van der Waals surface area contributed by atoms with Gasteiger partial charge < -0.3 is 0 Å². The number of benzene rings is 1. The van der Waals surface area contributed by atoms with Gasteiger partial charge in [0.1, 0.15) is 4.90 Å². The summed E-state index contributed by atoms with van der Waals surface area (Å²) < 4.78 is 31.0. The predicted octanol–water partition coefficient (Wildman–Crippen LogP) is 2.34. The third kappa shape index (κ3) is 2.97. The number of rotatable bonds is 3. The lowest BCUT2D eigenvalue weighted by Gasteiger charge is -2.08. The van der Waals surface area contributed by atoms with Crippen LogP contribution >= 0.6 is 34.8 Å². The molecule has 0 fully saturated rings. The van der Waals surface area contributed by atoms with Crippen molar-refractivity contribution in [2.45, 2.75) is 4.90 Å². The van der Waals surface area contributed by atoms with Crippen molar-refractivity contribution >= 4 is 55.4 Å². The summed E-state index contributed by atoms with van der Waals surface area (Å²) in [6.45, 7) is 0. The van der Waals surface area contributed by atoms with Crippen LogP contribution in [0.3, 0.4) is 0 Å². The third-order valence-corrected chi connectivity index (χ3v) is 3.54. The Morgan fingerprint density at radius 1 is 1.12 bits per heavy atom. The summed E-state index contributed by atoms with van der Waals surface area (Å²) in [5.74, 6) is 0. The highest BCUT2D eigenvalue weighted by Crippen LogP contribution is 2.30. The van der Waals surface area contributed by atoms with E-state index in [4.69, 9.17) is 39.4 Å². The maximum Gasteiger partial charge on any atom is 0.296 e. The number of hydrogen-bond donors (Lipinski definition) is 1. The molecule has 0 saturated carbocycles.